The van der Waals surface area contributed by atoms with E-state index in [1.54, 1.807) is 12.4 Å². The molecule has 1 N–H and O–H groups in total. The van der Waals surface area contributed by atoms with E-state index in [1.807, 2.05) is 47.0 Å². The van der Waals surface area contributed by atoms with E-state index in [-0.39, 0.29) is 11.5 Å². The summed E-state index contributed by atoms with van der Waals surface area (Å²) in [6.07, 6.45) is -2.92. The third-order valence-corrected chi connectivity index (χ3v) is 4.37. The molecular formula is C19H12F3N7. The van der Waals surface area contributed by atoms with E-state index < -0.39 is 12.0 Å². The average Bonchev–Trinajstić information content (AvgIpc) is 3.32. The van der Waals surface area contributed by atoms with Gasteiger partial charge in [0.25, 0.3) is 5.82 Å². The van der Waals surface area contributed by atoms with Gasteiger partial charge >= 0.3 is 6.18 Å². The number of halogens is 3. The molecule has 7 nitrogen and oxygen atoms in total. The summed E-state index contributed by atoms with van der Waals surface area (Å²) in [6.45, 7) is 0. The molecule has 144 valence electrons. The highest BCUT2D eigenvalue weighted by Gasteiger charge is 2.37. The molecule has 29 heavy (non-hydrogen) atoms. The smallest absolute Gasteiger partial charge is 0.339 e. The van der Waals surface area contributed by atoms with E-state index >= 15 is 0 Å². The average molecular weight is 395 g/mol. The van der Waals surface area contributed by atoms with Gasteiger partial charge in [0.1, 0.15) is 6.33 Å². The number of para-hydroxylation sites is 1. The van der Waals surface area contributed by atoms with Gasteiger partial charge in [-0.15, -0.1) is 15.3 Å². The van der Waals surface area contributed by atoms with Gasteiger partial charge in [0.15, 0.2) is 11.5 Å². The SMILES string of the molecule is FC(F)(F)c1nnc2ccc(Nc3ccc4c(c3)ncn4-c3ccccc3)nn12. The van der Waals surface area contributed by atoms with Crippen LogP contribution >= 0.6 is 0 Å². The quantitative estimate of drug-likeness (QED) is 0.495. The molecule has 3 aromatic heterocycles. The van der Waals surface area contributed by atoms with Gasteiger partial charge in [-0.1, -0.05) is 18.2 Å². The topological polar surface area (TPSA) is 72.9 Å². The summed E-state index contributed by atoms with van der Waals surface area (Å²) in [5.41, 5.74) is 3.28. The van der Waals surface area contributed by atoms with Crippen molar-refractivity contribution in [3.63, 3.8) is 0 Å². The molecule has 0 radical (unpaired) electrons. The molecule has 5 rings (SSSR count). The zero-order valence-electron chi connectivity index (χ0n) is 14.7. The Morgan fingerprint density at radius 2 is 1.72 bits per heavy atom. The predicted molar refractivity (Wildman–Crippen MR) is 100 cm³/mol. The molecule has 0 aliphatic rings. The van der Waals surface area contributed by atoms with Crippen molar-refractivity contribution in [1.82, 2.24) is 29.4 Å². The van der Waals surface area contributed by atoms with Gasteiger partial charge in [-0.25, -0.2) is 4.98 Å². The fourth-order valence-corrected chi connectivity index (χ4v) is 3.06. The first-order valence-corrected chi connectivity index (χ1v) is 8.58. The summed E-state index contributed by atoms with van der Waals surface area (Å²) in [5, 5.41) is 13.6. The van der Waals surface area contributed by atoms with Crippen LogP contribution in [0.2, 0.25) is 0 Å². The van der Waals surface area contributed by atoms with E-state index in [0.717, 1.165) is 16.7 Å². The van der Waals surface area contributed by atoms with Crippen LogP contribution in [0, 0.1) is 0 Å². The van der Waals surface area contributed by atoms with Crippen molar-refractivity contribution in [3.05, 3.63) is 72.8 Å². The lowest BCUT2D eigenvalue weighted by Gasteiger charge is -2.08. The van der Waals surface area contributed by atoms with Crippen molar-refractivity contribution in [2.45, 2.75) is 6.18 Å². The second-order valence-corrected chi connectivity index (χ2v) is 6.29. The summed E-state index contributed by atoms with van der Waals surface area (Å²) < 4.78 is 41.7. The fourth-order valence-electron chi connectivity index (χ4n) is 3.06. The Morgan fingerprint density at radius 3 is 2.52 bits per heavy atom. The Hall–Kier alpha value is -3.95. The minimum atomic E-state index is -4.64. The van der Waals surface area contributed by atoms with Crippen LogP contribution in [0.4, 0.5) is 24.7 Å². The second-order valence-electron chi connectivity index (χ2n) is 6.29. The molecule has 0 saturated carbocycles. The number of benzene rings is 2. The maximum Gasteiger partial charge on any atom is 0.453 e. The van der Waals surface area contributed by atoms with Crippen LogP contribution in [0.25, 0.3) is 22.4 Å². The molecule has 0 saturated heterocycles. The standard InChI is InChI=1S/C19H12F3N7/c20-19(21,22)18-26-25-17-9-8-16(27-29(17)18)24-12-6-7-15-14(10-12)23-11-28(15)13-4-2-1-3-5-13/h1-11H,(H,24,27). The summed E-state index contributed by atoms with van der Waals surface area (Å²) in [4.78, 5) is 4.41. The Morgan fingerprint density at radius 1 is 0.897 bits per heavy atom. The Labute approximate surface area is 161 Å². The minimum Gasteiger partial charge on any atom is -0.339 e. The minimum absolute atomic E-state index is 0.0138. The first kappa shape index (κ1) is 17.2. The number of aromatic nitrogens is 6. The molecule has 2 aromatic carbocycles. The first-order valence-electron chi connectivity index (χ1n) is 8.58. The molecule has 0 bridgehead atoms. The molecule has 0 atom stereocenters. The number of hydrogen-bond donors (Lipinski definition) is 1. The molecule has 0 amide bonds. The molecule has 10 heteroatoms. The maximum atomic E-state index is 13.0. The summed E-state index contributed by atoms with van der Waals surface area (Å²) >= 11 is 0. The number of anilines is 2. The number of nitrogens with zero attached hydrogens (tertiary/aromatic N) is 6. The molecule has 0 aliphatic heterocycles. The van der Waals surface area contributed by atoms with E-state index in [9.17, 15) is 13.2 Å². The number of hydrogen-bond acceptors (Lipinski definition) is 5. The van der Waals surface area contributed by atoms with E-state index in [2.05, 4.69) is 25.6 Å². The van der Waals surface area contributed by atoms with Gasteiger partial charge in [0.05, 0.1) is 11.0 Å². The molecule has 0 aliphatic carbocycles. The molecule has 0 spiro atoms. The number of nitrogens with one attached hydrogen (secondary N) is 1. The van der Waals surface area contributed by atoms with Gasteiger partial charge in [-0.05, 0) is 42.5 Å². The van der Waals surface area contributed by atoms with Crippen molar-refractivity contribution in [2.24, 2.45) is 0 Å². The van der Waals surface area contributed by atoms with Crippen molar-refractivity contribution in [1.29, 1.82) is 0 Å². The van der Waals surface area contributed by atoms with Gasteiger partial charge in [0, 0.05) is 11.4 Å². The summed E-state index contributed by atoms with van der Waals surface area (Å²) in [5.74, 6) is -0.946. The lowest BCUT2D eigenvalue weighted by atomic mass is 10.2. The molecule has 0 unspecified atom stereocenters. The van der Waals surface area contributed by atoms with Crippen molar-refractivity contribution in [3.8, 4) is 5.69 Å². The lowest BCUT2D eigenvalue weighted by Crippen LogP contribution is -2.13. The van der Waals surface area contributed by atoms with E-state index in [4.69, 9.17) is 0 Å². The van der Waals surface area contributed by atoms with Crippen LogP contribution in [-0.2, 0) is 6.18 Å². The fraction of sp³-hybridized carbons (Fsp3) is 0.0526. The van der Waals surface area contributed by atoms with Crippen LogP contribution in [0.1, 0.15) is 5.82 Å². The zero-order valence-corrected chi connectivity index (χ0v) is 14.7. The summed E-state index contributed by atoms with van der Waals surface area (Å²) in [6, 6.07) is 18.2. The Balaban J connectivity index is 1.49. The van der Waals surface area contributed by atoms with Crippen LogP contribution in [0.3, 0.4) is 0 Å². The Kier molecular flexibility index (Phi) is 3.73. The van der Waals surface area contributed by atoms with E-state index in [1.165, 1.54) is 12.1 Å². The highest BCUT2D eigenvalue weighted by Crippen LogP contribution is 2.28. The highest BCUT2D eigenvalue weighted by molar-refractivity contribution is 5.82. The van der Waals surface area contributed by atoms with Crippen LogP contribution in [0.5, 0.6) is 0 Å². The van der Waals surface area contributed by atoms with Gasteiger partial charge in [-0.3, -0.25) is 4.57 Å². The lowest BCUT2D eigenvalue weighted by molar-refractivity contribution is -0.146. The van der Waals surface area contributed by atoms with E-state index in [0.29, 0.717) is 10.2 Å². The Bertz CT molecular complexity index is 1320. The van der Waals surface area contributed by atoms with Crippen LogP contribution in [0.15, 0.2) is 67.0 Å². The van der Waals surface area contributed by atoms with Crippen molar-refractivity contribution in [2.75, 3.05) is 5.32 Å². The molecular weight excluding hydrogens is 383 g/mol. The normalized spacial score (nSPS) is 12.0. The number of imidazole rings is 1. The van der Waals surface area contributed by atoms with Gasteiger partial charge in [0.2, 0.25) is 0 Å². The van der Waals surface area contributed by atoms with Crippen molar-refractivity contribution >= 4 is 28.2 Å². The first-order chi connectivity index (χ1) is 14.0. The monoisotopic (exact) mass is 395 g/mol. The van der Waals surface area contributed by atoms with Gasteiger partial charge < -0.3 is 5.32 Å². The highest BCUT2D eigenvalue weighted by atomic mass is 19.4. The summed E-state index contributed by atoms with van der Waals surface area (Å²) in [7, 11) is 0. The van der Waals surface area contributed by atoms with Gasteiger partial charge in [-0.2, -0.15) is 17.7 Å². The molecule has 3 heterocycles. The number of fused-ring (bicyclic) bond motifs is 2. The zero-order chi connectivity index (χ0) is 20.0. The van der Waals surface area contributed by atoms with Crippen molar-refractivity contribution < 1.29 is 13.2 Å². The molecule has 5 aromatic rings. The van der Waals surface area contributed by atoms with Crippen LogP contribution in [-0.4, -0.2) is 29.4 Å². The second kappa shape index (κ2) is 6.30. The maximum absolute atomic E-state index is 13.0. The van der Waals surface area contributed by atoms with Crippen LogP contribution < -0.4 is 5.32 Å². The third-order valence-electron chi connectivity index (χ3n) is 4.37. The number of alkyl halides is 3. The largest absolute Gasteiger partial charge is 0.453 e. The number of rotatable bonds is 3. The predicted octanol–water partition coefficient (Wildman–Crippen LogP) is 4.23. The molecule has 0 fully saturated rings. The third kappa shape index (κ3) is 3.04.